The minimum Gasteiger partial charge on any atom is -0.466 e. The van der Waals surface area contributed by atoms with Gasteiger partial charge in [-0.3, -0.25) is 14.9 Å². The van der Waals surface area contributed by atoms with Crippen LogP contribution in [0.15, 0.2) is 23.1 Å². The fourth-order valence-electron chi connectivity index (χ4n) is 3.19. The molecule has 0 spiro atoms. The summed E-state index contributed by atoms with van der Waals surface area (Å²) in [6.45, 7) is 7.93. The van der Waals surface area contributed by atoms with Gasteiger partial charge >= 0.3 is 5.97 Å². The van der Waals surface area contributed by atoms with Crippen molar-refractivity contribution in [2.75, 3.05) is 24.6 Å². The third-order valence-electron chi connectivity index (χ3n) is 4.28. The number of hydrogen-bond donors (Lipinski definition) is 1. The molecule has 0 bridgehead atoms. The zero-order valence-electron chi connectivity index (χ0n) is 16.6. The van der Waals surface area contributed by atoms with E-state index in [9.17, 15) is 23.3 Å². The lowest BCUT2D eigenvalue weighted by molar-refractivity contribution is -0.384. The fourth-order valence-corrected chi connectivity index (χ4v) is 4.63. The molecule has 1 saturated heterocycles. The van der Waals surface area contributed by atoms with Crippen molar-refractivity contribution in [1.29, 1.82) is 0 Å². The summed E-state index contributed by atoms with van der Waals surface area (Å²) in [5.74, 6) is -0.678. The van der Waals surface area contributed by atoms with E-state index in [1.54, 1.807) is 32.6 Å². The Morgan fingerprint density at radius 3 is 2.64 bits per heavy atom. The van der Waals surface area contributed by atoms with Crippen LogP contribution in [-0.4, -0.2) is 44.5 Å². The monoisotopic (exact) mass is 413 g/mol. The Morgan fingerprint density at radius 1 is 1.39 bits per heavy atom. The topological polar surface area (TPSA) is 119 Å². The van der Waals surface area contributed by atoms with Gasteiger partial charge in [-0.05, 0) is 52.7 Å². The average molecular weight is 413 g/mol. The van der Waals surface area contributed by atoms with Crippen molar-refractivity contribution in [3.8, 4) is 0 Å². The zero-order chi connectivity index (χ0) is 21.1. The molecule has 1 aromatic carbocycles. The maximum atomic E-state index is 12.5. The third kappa shape index (κ3) is 5.41. The summed E-state index contributed by atoms with van der Waals surface area (Å²) in [4.78, 5) is 24.6. The van der Waals surface area contributed by atoms with Crippen LogP contribution in [0.1, 0.15) is 40.5 Å². The number of anilines is 1. The van der Waals surface area contributed by atoms with Gasteiger partial charge in [-0.1, -0.05) is 0 Å². The molecule has 1 aliphatic heterocycles. The number of ether oxygens (including phenoxy) is 1. The van der Waals surface area contributed by atoms with Crippen LogP contribution in [0.4, 0.5) is 11.4 Å². The molecule has 10 heteroatoms. The molecule has 1 fully saturated rings. The van der Waals surface area contributed by atoms with E-state index in [1.165, 1.54) is 12.1 Å². The summed E-state index contributed by atoms with van der Waals surface area (Å²) < 4.78 is 32.6. The van der Waals surface area contributed by atoms with E-state index in [2.05, 4.69) is 4.72 Å². The van der Waals surface area contributed by atoms with Crippen molar-refractivity contribution in [2.45, 2.75) is 51.0 Å². The molecular formula is C18H27N3O6S. The molecule has 0 aromatic heterocycles. The number of nitro benzene ring substituents is 1. The first-order valence-electron chi connectivity index (χ1n) is 9.18. The zero-order valence-corrected chi connectivity index (χ0v) is 17.4. The molecule has 156 valence electrons. The first-order chi connectivity index (χ1) is 12.9. The molecule has 1 heterocycles. The van der Waals surface area contributed by atoms with Crippen LogP contribution >= 0.6 is 0 Å². The molecule has 1 aromatic rings. The highest BCUT2D eigenvalue weighted by atomic mass is 32.2. The summed E-state index contributed by atoms with van der Waals surface area (Å²) in [5, 5.41) is 11.6. The SMILES string of the molecule is CCOC(=O)[C@H]1CCCN(c2ccc(S(=O)(=O)NC(C)(C)C)cc2[N+](=O)[O-])C1. The number of piperidine rings is 1. The average Bonchev–Trinajstić information content (AvgIpc) is 2.59. The normalized spacial score (nSPS) is 18.0. The Labute approximate surface area is 165 Å². The van der Waals surface area contributed by atoms with Gasteiger partial charge < -0.3 is 9.64 Å². The van der Waals surface area contributed by atoms with Gasteiger partial charge in [-0.15, -0.1) is 0 Å². The minimum atomic E-state index is -3.90. The van der Waals surface area contributed by atoms with E-state index in [1.807, 2.05) is 0 Å². The Kier molecular flexibility index (Phi) is 6.66. The van der Waals surface area contributed by atoms with Crippen molar-refractivity contribution >= 4 is 27.4 Å². The van der Waals surface area contributed by atoms with Gasteiger partial charge in [0.2, 0.25) is 10.0 Å². The van der Waals surface area contributed by atoms with Crippen LogP contribution in [0.3, 0.4) is 0 Å². The molecule has 1 atom stereocenters. The van der Waals surface area contributed by atoms with Crippen molar-refractivity contribution in [3.05, 3.63) is 28.3 Å². The number of nitrogens with zero attached hydrogens (tertiary/aromatic N) is 2. The molecule has 0 saturated carbocycles. The number of rotatable bonds is 6. The molecule has 0 unspecified atom stereocenters. The van der Waals surface area contributed by atoms with E-state index in [4.69, 9.17) is 4.74 Å². The molecule has 9 nitrogen and oxygen atoms in total. The maximum Gasteiger partial charge on any atom is 0.310 e. The van der Waals surface area contributed by atoms with Gasteiger partial charge in [0.15, 0.2) is 0 Å². The highest BCUT2D eigenvalue weighted by Crippen LogP contribution is 2.34. The maximum absolute atomic E-state index is 12.5. The Hall–Kier alpha value is -2.20. The predicted molar refractivity (Wildman–Crippen MR) is 105 cm³/mol. The largest absolute Gasteiger partial charge is 0.466 e. The smallest absolute Gasteiger partial charge is 0.310 e. The highest BCUT2D eigenvalue weighted by molar-refractivity contribution is 7.89. The van der Waals surface area contributed by atoms with Crippen molar-refractivity contribution in [1.82, 2.24) is 4.72 Å². The molecular weight excluding hydrogens is 386 g/mol. The van der Waals surface area contributed by atoms with E-state index >= 15 is 0 Å². The van der Waals surface area contributed by atoms with Crippen LogP contribution in [-0.2, 0) is 19.6 Å². The third-order valence-corrected chi connectivity index (χ3v) is 6.03. The van der Waals surface area contributed by atoms with Crippen molar-refractivity contribution in [2.24, 2.45) is 5.92 Å². The predicted octanol–water partition coefficient (Wildman–Crippen LogP) is 2.45. The van der Waals surface area contributed by atoms with Crippen LogP contribution in [0.2, 0.25) is 0 Å². The molecule has 2 rings (SSSR count). The van der Waals surface area contributed by atoms with Crippen LogP contribution < -0.4 is 9.62 Å². The summed E-state index contributed by atoms with van der Waals surface area (Å²) >= 11 is 0. The van der Waals surface area contributed by atoms with E-state index in [0.717, 1.165) is 6.07 Å². The number of sulfonamides is 1. The number of nitro groups is 1. The number of benzene rings is 1. The second-order valence-corrected chi connectivity index (χ2v) is 9.48. The van der Waals surface area contributed by atoms with Crippen LogP contribution in [0, 0.1) is 16.0 Å². The number of carbonyl (C=O) groups excluding carboxylic acids is 1. The minimum absolute atomic E-state index is 0.170. The number of carbonyl (C=O) groups is 1. The second kappa shape index (κ2) is 8.44. The van der Waals surface area contributed by atoms with Crippen LogP contribution in [0.5, 0.6) is 0 Å². The summed E-state index contributed by atoms with van der Waals surface area (Å²) in [6, 6.07) is 3.85. The van der Waals surface area contributed by atoms with Crippen LogP contribution in [0.25, 0.3) is 0 Å². The Balaban J connectivity index is 2.35. The lowest BCUT2D eigenvalue weighted by Gasteiger charge is -2.33. The van der Waals surface area contributed by atoms with E-state index in [-0.39, 0.29) is 29.1 Å². The Bertz CT molecular complexity index is 847. The number of hydrogen-bond acceptors (Lipinski definition) is 7. The summed E-state index contributed by atoms with van der Waals surface area (Å²) in [6.07, 6.45) is 1.34. The van der Waals surface area contributed by atoms with Gasteiger partial charge in [0.05, 0.1) is 22.3 Å². The fraction of sp³-hybridized carbons (Fsp3) is 0.611. The highest BCUT2D eigenvalue weighted by Gasteiger charge is 2.31. The van der Waals surface area contributed by atoms with Gasteiger partial charge in [0.25, 0.3) is 5.69 Å². The first-order valence-corrected chi connectivity index (χ1v) is 10.7. The molecule has 0 aliphatic carbocycles. The molecule has 1 N–H and O–H groups in total. The van der Waals surface area contributed by atoms with Gasteiger partial charge in [-0.25, -0.2) is 13.1 Å². The Morgan fingerprint density at radius 2 is 2.07 bits per heavy atom. The number of nitrogens with one attached hydrogen (secondary N) is 1. The second-order valence-electron chi connectivity index (χ2n) is 7.80. The van der Waals surface area contributed by atoms with E-state index in [0.29, 0.717) is 31.6 Å². The van der Waals surface area contributed by atoms with E-state index < -0.39 is 20.5 Å². The standard InChI is InChI=1S/C18H27N3O6S/c1-5-27-17(22)13-7-6-10-20(12-13)15-9-8-14(11-16(15)21(23)24)28(25,26)19-18(2,3)4/h8-9,11,13,19H,5-7,10,12H2,1-4H3/t13-/m0/s1. The first kappa shape index (κ1) is 22.1. The summed E-state index contributed by atoms with van der Waals surface area (Å²) in [5.41, 5.74) is -0.721. The molecule has 0 radical (unpaired) electrons. The quantitative estimate of drug-likeness (QED) is 0.432. The van der Waals surface area contributed by atoms with Gasteiger partial charge in [0, 0.05) is 24.7 Å². The number of esters is 1. The van der Waals surface area contributed by atoms with Gasteiger partial charge in [0.1, 0.15) is 5.69 Å². The molecule has 0 amide bonds. The lowest BCUT2D eigenvalue weighted by atomic mass is 9.97. The van der Waals surface area contributed by atoms with Crippen molar-refractivity contribution < 1.29 is 22.9 Å². The molecule has 1 aliphatic rings. The van der Waals surface area contributed by atoms with Gasteiger partial charge in [-0.2, -0.15) is 0 Å². The molecule has 28 heavy (non-hydrogen) atoms. The lowest BCUT2D eigenvalue weighted by Crippen LogP contribution is -2.41. The van der Waals surface area contributed by atoms with Crippen molar-refractivity contribution in [3.63, 3.8) is 0 Å². The summed E-state index contributed by atoms with van der Waals surface area (Å²) in [7, 11) is -3.90.